The van der Waals surface area contributed by atoms with Gasteiger partial charge in [-0.05, 0) is 77.8 Å². The maximum absolute atomic E-state index is 7.00. The summed E-state index contributed by atoms with van der Waals surface area (Å²) in [5.74, 6) is 0. The first-order chi connectivity index (χ1) is 24.4. The van der Waals surface area contributed by atoms with E-state index in [1.165, 1.54) is 44.1 Å². The SMILES string of the molecule is c1ccc(N2c3cccc4c3B(c3oc5ccccc5c32)n2c3ccccc3c3c(N(c5ccccc5)c5ccccc5)ccc-4c32)cc1. The van der Waals surface area contributed by atoms with Crippen LogP contribution in [-0.2, 0) is 0 Å². The molecule has 228 valence electrons. The number of hydrogen-bond acceptors (Lipinski definition) is 3. The van der Waals surface area contributed by atoms with E-state index < -0.39 is 0 Å². The highest BCUT2D eigenvalue weighted by atomic mass is 16.3. The minimum absolute atomic E-state index is 0.152. The molecule has 0 radical (unpaired) electrons. The summed E-state index contributed by atoms with van der Waals surface area (Å²) in [5, 5.41) is 3.58. The molecule has 0 saturated heterocycles. The average Bonchev–Trinajstić information content (AvgIpc) is 3.72. The van der Waals surface area contributed by atoms with E-state index in [-0.39, 0.29) is 6.85 Å². The Morgan fingerprint density at radius 2 is 1.18 bits per heavy atom. The molecule has 4 heterocycles. The molecule has 2 aromatic heterocycles. The van der Waals surface area contributed by atoms with Gasteiger partial charge in [0, 0.05) is 55.5 Å². The molecule has 0 bridgehead atoms. The van der Waals surface area contributed by atoms with Crippen LogP contribution in [0.3, 0.4) is 0 Å². The van der Waals surface area contributed by atoms with Gasteiger partial charge in [-0.1, -0.05) is 103 Å². The van der Waals surface area contributed by atoms with Crippen LogP contribution in [0.4, 0.5) is 34.1 Å². The molecule has 9 aromatic rings. The van der Waals surface area contributed by atoms with Gasteiger partial charge in [0.25, 0.3) is 0 Å². The number of benzene rings is 7. The van der Waals surface area contributed by atoms with Crippen molar-refractivity contribution < 1.29 is 4.42 Å². The Bertz CT molecular complexity index is 2690. The lowest BCUT2D eigenvalue weighted by molar-refractivity contribution is 0.649. The standard InChI is InChI=1S/C44H28BN3O/c1-4-15-29(16-5-1)46(30-17-6-2-7-18-30)37-28-27-33-32-23-14-25-38-41(32)45(48-36-24-12-10-21-34(36)40(37)42(33)48)44-43(35-22-11-13-26-39(35)49-44)47(38)31-19-8-3-9-20-31/h1-28H. The van der Waals surface area contributed by atoms with Crippen molar-refractivity contribution >= 4 is 84.9 Å². The van der Waals surface area contributed by atoms with Gasteiger partial charge in [-0.25, -0.2) is 0 Å². The molecule has 49 heavy (non-hydrogen) atoms. The van der Waals surface area contributed by atoms with Crippen molar-refractivity contribution in [1.82, 2.24) is 4.48 Å². The highest BCUT2D eigenvalue weighted by Crippen LogP contribution is 2.50. The number of furan rings is 1. The zero-order valence-corrected chi connectivity index (χ0v) is 26.5. The van der Waals surface area contributed by atoms with Gasteiger partial charge in [0.05, 0.1) is 11.4 Å². The molecule has 2 aliphatic rings. The van der Waals surface area contributed by atoms with E-state index in [0.717, 1.165) is 45.1 Å². The highest BCUT2D eigenvalue weighted by molar-refractivity contribution is 6.89. The maximum Gasteiger partial charge on any atom is 0.375 e. The van der Waals surface area contributed by atoms with E-state index in [4.69, 9.17) is 4.42 Å². The van der Waals surface area contributed by atoms with Crippen LogP contribution in [0.2, 0.25) is 0 Å². The monoisotopic (exact) mass is 625 g/mol. The summed E-state index contributed by atoms with van der Waals surface area (Å²) >= 11 is 0. The zero-order chi connectivity index (χ0) is 32.1. The molecule has 7 aromatic carbocycles. The van der Waals surface area contributed by atoms with Gasteiger partial charge < -0.3 is 18.7 Å². The molecule has 0 aliphatic carbocycles. The Morgan fingerprint density at radius 1 is 0.531 bits per heavy atom. The van der Waals surface area contributed by atoms with Crippen molar-refractivity contribution in [3.8, 4) is 11.1 Å². The van der Waals surface area contributed by atoms with Gasteiger partial charge >= 0.3 is 6.85 Å². The fourth-order valence-corrected chi connectivity index (χ4v) is 8.45. The fourth-order valence-electron chi connectivity index (χ4n) is 8.45. The quantitative estimate of drug-likeness (QED) is 0.182. The van der Waals surface area contributed by atoms with E-state index in [9.17, 15) is 0 Å². The normalized spacial score (nSPS) is 12.8. The van der Waals surface area contributed by atoms with Crippen LogP contribution in [0.15, 0.2) is 174 Å². The molecular weight excluding hydrogens is 597 g/mol. The Balaban J connectivity index is 1.29. The molecule has 11 rings (SSSR count). The van der Waals surface area contributed by atoms with E-state index in [0.29, 0.717) is 0 Å². The van der Waals surface area contributed by atoms with Crippen LogP contribution in [0.25, 0.3) is 43.9 Å². The number of para-hydroxylation sites is 5. The van der Waals surface area contributed by atoms with Crippen molar-refractivity contribution in [2.24, 2.45) is 0 Å². The molecule has 4 nitrogen and oxygen atoms in total. The molecule has 0 spiro atoms. The average molecular weight is 626 g/mol. The van der Waals surface area contributed by atoms with Crippen LogP contribution >= 0.6 is 0 Å². The molecule has 0 unspecified atom stereocenters. The third kappa shape index (κ3) is 3.59. The Labute approximate surface area is 283 Å². The number of anilines is 6. The van der Waals surface area contributed by atoms with Crippen molar-refractivity contribution in [2.45, 2.75) is 0 Å². The molecule has 5 heteroatoms. The number of nitrogens with zero attached hydrogens (tertiary/aromatic N) is 3. The predicted molar refractivity (Wildman–Crippen MR) is 204 cm³/mol. The molecule has 0 fully saturated rings. The van der Waals surface area contributed by atoms with Crippen LogP contribution in [0.1, 0.15) is 0 Å². The summed E-state index contributed by atoms with van der Waals surface area (Å²) in [6, 6.07) is 60.9. The van der Waals surface area contributed by atoms with Gasteiger partial charge in [-0.2, -0.15) is 0 Å². The highest BCUT2D eigenvalue weighted by Gasteiger charge is 2.46. The molecule has 0 N–H and O–H groups in total. The van der Waals surface area contributed by atoms with Gasteiger partial charge in [0.1, 0.15) is 11.2 Å². The first-order valence-electron chi connectivity index (χ1n) is 16.8. The Kier molecular flexibility index (Phi) is 5.44. The number of hydrogen-bond donors (Lipinski definition) is 0. The minimum atomic E-state index is -0.152. The first kappa shape index (κ1) is 26.6. The lowest BCUT2D eigenvalue weighted by Crippen LogP contribution is -2.56. The lowest BCUT2D eigenvalue weighted by Gasteiger charge is -2.38. The number of fused-ring (bicyclic) bond motifs is 9. The minimum Gasteiger partial charge on any atom is -0.466 e. The summed E-state index contributed by atoms with van der Waals surface area (Å²) in [6.45, 7) is -0.152. The van der Waals surface area contributed by atoms with Gasteiger partial charge in [0.15, 0.2) is 0 Å². The van der Waals surface area contributed by atoms with Crippen LogP contribution in [-0.4, -0.2) is 11.3 Å². The number of aromatic nitrogens is 1. The molecule has 0 amide bonds. The van der Waals surface area contributed by atoms with Crippen LogP contribution < -0.4 is 20.9 Å². The molecule has 0 saturated carbocycles. The first-order valence-corrected chi connectivity index (χ1v) is 16.8. The van der Waals surface area contributed by atoms with E-state index in [1.807, 2.05) is 0 Å². The predicted octanol–water partition coefficient (Wildman–Crippen LogP) is 10.4. The van der Waals surface area contributed by atoms with Crippen molar-refractivity contribution in [3.63, 3.8) is 0 Å². The molecule has 0 atom stereocenters. The second-order valence-electron chi connectivity index (χ2n) is 12.9. The number of rotatable bonds is 4. The lowest BCUT2D eigenvalue weighted by atomic mass is 9.47. The van der Waals surface area contributed by atoms with Crippen LogP contribution in [0, 0.1) is 0 Å². The third-order valence-corrected chi connectivity index (χ3v) is 10.3. The summed E-state index contributed by atoms with van der Waals surface area (Å²) in [7, 11) is 0. The summed E-state index contributed by atoms with van der Waals surface area (Å²) < 4.78 is 9.56. The Morgan fingerprint density at radius 3 is 1.94 bits per heavy atom. The van der Waals surface area contributed by atoms with E-state index >= 15 is 0 Å². The molecule has 2 aliphatic heterocycles. The second kappa shape index (κ2) is 10.0. The Hall–Kier alpha value is -6.46. The molecular formula is C44H28BN3O. The van der Waals surface area contributed by atoms with Gasteiger partial charge in [-0.3, -0.25) is 0 Å². The van der Waals surface area contributed by atoms with E-state index in [2.05, 4.69) is 184 Å². The van der Waals surface area contributed by atoms with Gasteiger partial charge in [-0.15, -0.1) is 0 Å². The van der Waals surface area contributed by atoms with Crippen molar-refractivity contribution in [2.75, 3.05) is 9.80 Å². The maximum atomic E-state index is 7.00. The van der Waals surface area contributed by atoms with Gasteiger partial charge in [0.2, 0.25) is 0 Å². The van der Waals surface area contributed by atoms with Crippen molar-refractivity contribution in [1.29, 1.82) is 0 Å². The summed E-state index contributed by atoms with van der Waals surface area (Å²) in [6.07, 6.45) is 0. The topological polar surface area (TPSA) is 24.6 Å². The summed E-state index contributed by atoms with van der Waals surface area (Å²) in [4.78, 5) is 4.80. The smallest absolute Gasteiger partial charge is 0.375 e. The largest absolute Gasteiger partial charge is 0.466 e. The van der Waals surface area contributed by atoms with E-state index in [1.54, 1.807) is 0 Å². The third-order valence-electron chi connectivity index (χ3n) is 10.3. The fraction of sp³-hybridized carbons (Fsp3) is 0. The van der Waals surface area contributed by atoms with Crippen LogP contribution in [0.5, 0.6) is 0 Å². The zero-order valence-electron chi connectivity index (χ0n) is 26.5. The second-order valence-corrected chi connectivity index (χ2v) is 12.9. The van der Waals surface area contributed by atoms with Crippen molar-refractivity contribution in [3.05, 3.63) is 170 Å². The summed E-state index contributed by atoms with van der Waals surface area (Å²) in [5.41, 5.74) is 14.8.